The van der Waals surface area contributed by atoms with Gasteiger partial charge < -0.3 is 10.1 Å². The molecule has 0 saturated heterocycles. The number of carbonyl (C=O) groups excluding carboxylic acids is 1. The van der Waals surface area contributed by atoms with Crippen molar-refractivity contribution >= 4 is 22.4 Å². The van der Waals surface area contributed by atoms with E-state index in [4.69, 9.17) is 4.74 Å². The average Bonchev–Trinajstić information content (AvgIpc) is 2.75. The van der Waals surface area contributed by atoms with Gasteiger partial charge in [0.2, 0.25) is 5.13 Å². The van der Waals surface area contributed by atoms with Crippen molar-refractivity contribution < 1.29 is 9.53 Å². The summed E-state index contributed by atoms with van der Waals surface area (Å²) < 4.78 is 4.77. The highest BCUT2D eigenvalue weighted by Crippen LogP contribution is 2.28. The van der Waals surface area contributed by atoms with Crippen molar-refractivity contribution in [2.24, 2.45) is 5.92 Å². The molecule has 0 atom stereocenters. The minimum absolute atomic E-state index is 0.0739. The number of nitrogens with one attached hydrogen (secondary N) is 1. The van der Waals surface area contributed by atoms with Crippen LogP contribution in [0.3, 0.4) is 0 Å². The van der Waals surface area contributed by atoms with Crippen LogP contribution in [0.15, 0.2) is 0 Å². The molecule has 1 fully saturated rings. The molecule has 0 bridgehead atoms. The second-order valence-electron chi connectivity index (χ2n) is 4.34. The molecule has 1 aliphatic rings. The molecule has 1 N–H and O–H groups in total. The van der Waals surface area contributed by atoms with Crippen LogP contribution >= 0.6 is 11.3 Å². The minimum atomic E-state index is -0.0739. The van der Waals surface area contributed by atoms with Gasteiger partial charge in [-0.25, -0.2) is 0 Å². The molecule has 0 aromatic carbocycles. The molecule has 1 aliphatic carbocycles. The highest BCUT2D eigenvalue weighted by Gasteiger charge is 2.27. The van der Waals surface area contributed by atoms with Gasteiger partial charge in [0.25, 0.3) is 0 Å². The van der Waals surface area contributed by atoms with Gasteiger partial charge in [-0.05, 0) is 32.6 Å². The number of carbonyl (C=O) groups is 1. The molecule has 94 valence electrons. The van der Waals surface area contributed by atoms with Crippen LogP contribution in [-0.2, 0) is 9.53 Å². The molecule has 5 nitrogen and oxygen atoms in total. The topological polar surface area (TPSA) is 64.1 Å². The smallest absolute Gasteiger partial charge is 0.308 e. The number of nitrogens with zero attached hydrogens (tertiary/aromatic N) is 2. The van der Waals surface area contributed by atoms with Crippen molar-refractivity contribution in [1.82, 2.24) is 10.2 Å². The zero-order valence-corrected chi connectivity index (χ0v) is 10.9. The maximum Gasteiger partial charge on any atom is 0.308 e. The van der Waals surface area contributed by atoms with E-state index < -0.39 is 0 Å². The van der Waals surface area contributed by atoms with E-state index in [2.05, 4.69) is 15.5 Å². The van der Waals surface area contributed by atoms with Gasteiger partial charge in [0.1, 0.15) is 5.01 Å². The van der Waals surface area contributed by atoms with Gasteiger partial charge in [0, 0.05) is 6.04 Å². The SMILES string of the molecule is COC(=O)C1CCC(Nc2nnc(C)s2)CC1. The highest BCUT2D eigenvalue weighted by atomic mass is 32.1. The van der Waals surface area contributed by atoms with Crippen molar-refractivity contribution in [3.05, 3.63) is 5.01 Å². The number of methoxy groups -OCH3 is 1. The van der Waals surface area contributed by atoms with Crippen LogP contribution in [0.4, 0.5) is 5.13 Å². The van der Waals surface area contributed by atoms with Crippen LogP contribution in [-0.4, -0.2) is 29.3 Å². The zero-order valence-electron chi connectivity index (χ0n) is 10.1. The summed E-state index contributed by atoms with van der Waals surface area (Å²) in [4.78, 5) is 11.4. The Morgan fingerprint density at radius 3 is 2.59 bits per heavy atom. The van der Waals surface area contributed by atoms with E-state index in [-0.39, 0.29) is 11.9 Å². The lowest BCUT2D eigenvalue weighted by Crippen LogP contribution is -2.29. The van der Waals surface area contributed by atoms with Crippen molar-refractivity contribution in [2.45, 2.75) is 38.6 Å². The predicted octanol–water partition coefficient (Wildman–Crippen LogP) is 1.99. The van der Waals surface area contributed by atoms with Crippen LogP contribution in [0.25, 0.3) is 0 Å². The molecule has 0 spiro atoms. The van der Waals surface area contributed by atoms with E-state index in [0.29, 0.717) is 6.04 Å². The van der Waals surface area contributed by atoms with Crippen molar-refractivity contribution in [2.75, 3.05) is 12.4 Å². The van der Waals surface area contributed by atoms with Gasteiger partial charge in [-0.3, -0.25) is 4.79 Å². The van der Waals surface area contributed by atoms with Gasteiger partial charge in [0.15, 0.2) is 0 Å². The summed E-state index contributed by atoms with van der Waals surface area (Å²) in [5, 5.41) is 13.2. The Kier molecular flexibility index (Phi) is 3.93. The highest BCUT2D eigenvalue weighted by molar-refractivity contribution is 7.15. The number of anilines is 1. The second-order valence-corrected chi connectivity index (χ2v) is 5.52. The molecule has 17 heavy (non-hydrogen) atoms. The number of ether oxygens (including phenoxy) is 1. The molecule has 0 unspecified atom stereocenters. The van der Waals surface area contributed by atoms with Crippen LogP contribution in [0.2, 0.25) is 0 Å². The average molecular weight is 255 g/mol. The first-order chi connectivity index (χ1) is 8.19. The van der Waals surface area contributed by atoms with Crippen LogP contribution in [0.1, 0.15) is 30.7 Å². The van der Waals surface area contributed by atoms with Gasteiger partial charge in [-0.2, -0.15) is 0 Å². The number of aryl methyl sites for hydroxylation is 1. The molecule has 2 rings (SSSR count). The largest absolute Gasteiger partial charge is 0.469 e. The predicted molar refractivity (Wildman–Crippen MR) is 66.0 cm³/mol. The van der Waals surface area contributed by atoms with E-state index in [1.54, 1.807) is 11.3 Å². The molecule has 1 aromatic heterocycles. The zero-order chi connectivity index (χ0) is 12.3. The second kappa shape index (κ2) is 5.44. The van der Waals surface area contributed by atoms with Gasteiger partial charge in [0.05, 0.1) is 13.0 Å². The lowest BCUT2D eigenvalue weighted by molar-refractivity contribution is -0.146. The Morgan fingerprint density at radius 1 is 1.35 bits per heavy atom. The minimum Gasteiger partial charge on any atom is -0.469 e. The molecule has 6 heteroatoms. The molecule has 1 saturated carbocycles. The van der Waals surface area contributed by atoms with E-state index in [0.717, 1.165) is 35.8 Å². The lowest BCUT2D eigenvalue weighted by atomic mass is 9.86. The van der Waals surface area contributed by atoms with Gasteiger partial charge in [-0.1, -0.05) is 11.3 Å². The Bertz CT molecular complexity index is 386. The van der Waals surface area contributed by atoms with E-state index in [1.807, 2.05) is 6.92 Å². The fraction of sp³-hybridized carbons (Fsp3) is 0.727. The number of rotatable bonds is 3. The fourth-order valence-corrected chi connectivity index (χ4v) is 2.84. The molecular weight excluding hydrogens is 238 g/mol. The van der Waals surface area contributed by atoms with Crippen molar-refractivity contribution in [1.29, 1.82) is 0 Å². The summed E-state index contributed by atoms with van der Waals surface area (Å²) in [5.41, 5.74) is 0. The summed E-state index contributed by atoms with van der Waals surface area (Å²) >= 11 is 1.57. The number of aromatic nitrogens is 2. The number of hydrogen-bond donors (Lipinski definition) is 1. The number of esters is 1. The Morgan fingerprint density at radius 2 is 2.06 bits per heavy atom. The third-order valence-electron chi connectivity index (χ3n) is 3.12. The first kappa shape index (κ1) is 12.3. The number of hydrogen-bond acceptors (Lipinski definition) is 6. The van der Waals surface area contributed by atoms with Crippen LogP contribution in [0.5, 0.6) is 0 Å². The van der Waals surface area contributed by atoms with Crippen molar-refractivity contribution in [3.8, 4) is 0 Å². The Labute approximate surface area is 105 Å². The Balaban J connectivity index is 1.81. The lowest BCUT2D eigenvalue weighted by Gasteiger charge is -2.27. The third kappa shape index (κ3) is 3.15. The summed E-state index contributed by atoms with van der Waals surface area (Å²) in [5.74, 6) is 0.00409. The van der Waals surface area contributed by atoms with E-state index in [9.17, 15) is 4.79 Å². The summed E-state index contributed by atoms with van der Waals surface area (Å²) in [7, 11) is 1.46. The molecule has 0 radical (unpaired) electrons. The standard InChI is InChI=1S/C11H17N3O2S/c1-7-13-14-11(17-7)12-9-5-3-8(4-6-9)10(15)16-2/h8-9H,3-6H2,1-2H3,(H,12,14). The quantitative estimate of drug-likeness (QED) is 0.837. The molecular formula is C11H17N3O2S. The maximum absolute atomic E-state index is 11.4. The molecule has 0 amide bonds. The van der Waals surface area contributed by atoms with E-state index >= 15 is 0 Å². The van der Waals surface area contributed by atoms with Crippen molar-refractivity contribution in [3.63, 3.8) is 0 Å². The maximum atomic E-state index is 11.4. The normalized spacial score (nSPS) is 24.4. The van der Waals surface area contributed by atoms with E-state index in [1.165, 1.54) is 7.11 Å². The molecule has 0 aliphatic heterocycles. The molecule has 1 aromatic rings. The Hall–Kier alpha value is -1.17. The van der Waals surface area contributed by atoms with Gasteiger partial charge >= 0.3 is 5.97 Å². The monoisotopic (exact) mass is 255 g/mol. The van der Waals surface area contributed by atoms with Crippen LogP contribution in [0, 0.1) is 12.8 Å². The first-order valence-corrected chi connectivity index (χ1v) is 6.65. The first-order valence-electron chi connectivity index (χ1n) is 5.83. The molecule has 1 heterocycles. The summed E-state index contributed by atoms with van der Waals surface area (Å²) in [6, 6.07) is 0.406. The fourth-order valence-electron chi connectivity index (χ4n) is 2.17. The van der Waals surface area contributed by atoms with Crippen LogP contribution < -0.4 is 5.32 Å². The summed E-state index contributed by atoms with van der Waals surface area (Å²) in [6.07, 6.45) is 3.75. The summed E-state index contributed by atoms with van der Waals surface area (Å²) in [6.45, 7) is 1.94. The van der Waals surface area contributed by atoms with Gasteiger partial charge in [-0.15, -0.1) is 10.2 Å². The third-order valence-corrected chi connectivity index (χ3v) is 3.89.